The molecule has 0 saturated heterocycles. The first-order valence-corrected chi connectivity index (χ1v) is 8.09. The highest BCUT2D eigenvalue weighted by Gasteiger charge is 2.26. The number of hydrogen-bond acceptors (Lipinski definition) is 3. The van der Waals surface area contributed by atoms with E-state index in [4.69, 9.17) is 27.6 Å². The molecule has 24 heavy (non-hydrogen) atoms. The van der Waals surface area contributed by atoms with Gasteiger partial charge in [-0.05, 0) is 42.5 Å². The zero-order chi connectivity index (χ0) is 16.7. The summed E-state index contributed by atoms with van der Waals surface area (Å²) in [6.07, 6.45) is -0.438. The average Bonchev–Trinajstić information content (AvgIpc) is 3.04. The van der Waals surface area contributed by atoms with Crippen LogP contribution in [0.5, 0.6) is 0 Å². The van der Waals surface area contributed by atoms with Crippen molar-refractivity contribution in [3.63, 3.8) is 0 Å². The van der Waals surface area contributed by atoms with Crippen LogP contribution >= 0.6 is 23.2 Å². The number of amides is 1. The molecule has 0 spiro atoms. The lowest BCUT2D eigenvalue weighted by Gasteiger charge is -2.26. The molecule has 2 N–H and O–H groups in total. The molecule has 2 aromatic carbocycles. The molecule has 1 atom stereocenters. The first-order valence-electron chi connectivity index (χ1n) is 7.33. The molecule has 0 radical (unpaired) electrons. The molecule has 1 amide bonds. The number of anilines is 1. The molecule has 4 nitrogen and oxygen atoms in total. The Kier molecular flexibility index (Phi) is 3.71. The van der Waals surface area contributed by atoms with E-state index in [0.717, 1.165) is 11.3 Å². The number of carbonyl (C=O) groups excluding carboxylic acids is 1. The van der Waals surface area contributed by atoms with Crippen molar-refractivity contribution in [2.75, 3.05) is 5.32 Å². The van der Waals surface area contributed by atoms with Crippen LogP contribution in [0, 0.1) is 0 Å². The molecule has 1 aliphatic rings. The van der Waals surface area contributed by atoms with Crippen molar-refractivity contribution < 1.29 is 9.21 Å². The van der Waals surface area contributed by atoms with E-state index in [0.29, 0.717) is 27.1 Å². The molecule has 120 valence electrons. The molecule has 6 heteroatoms. The zero-order valence-corrected chi connectivity index (χ0v) is 13.9. The van der Waals surface area contributed by atoms with Gasteiger partial charge in [0.2, 0.25) is 0 Å². The maximum absolute atomic E-state index is 12.2. The summed E-state index contributed by atoms with van der Waals surface area (Å²) in [5, 5.41) is 7.20. The number of halogens is 2. The Morgan fingerprint density at radius 2 is 1.75 bits per heavy atom. The first kappa shape index (κ1) is 15.1. The van der Waals surface area contributed by atoms with E-state index in [2.05, 4.69) is 10.6 Å². The van der Waals surface area contributed by atoms with Crippen molar-refractivity contribution in [2.45, 2.75) is 6.17 Å². The second kappa shape index (κ2) is 5.89. The molecular formula is C18H12Cl2N2O2. The van der Waals surface area contributed by atoms with Crippen LogP contribution in [0.3, 0.4) is 0 Å². The van der Waals surface area contributed by atoms with Crippen LogP contribution in [0.1, 0.15) is 22.3 Å². The number of nitrogens with one attached hydrogen (secondary N) is 2. The lowest BCUT2D eigenvalue weighted by atomic mass is 10.1. The van der Waals surface area contributed by atoms with E-state index >= 15 is 0 Å². The minimum Gasteiger partial charge on any atom is -0.457 e. The van der Waals surface area contributed by atoms with Crippen LogP contribution in [-0.4, -0.2) is 5.91 Å². The van der Waals surface area contributed by atoms with E-state index in [9.17, 15) is 4.79 Å². The van der Waals surface area contributed by atoms with Crippen LogP contribution < -0.4 is 10.6 Å². The van der Waals surface area contributed by atoms with Gasteiger partial charge in [0.05, 0.1) is 10.6 Å². The van der Waals surface area contributed by atoms with Crippen molar-refractivity contribution in [3.05, 3.63) is 76.0 Å². The lowest BCUT2D eigenvalue weighted by Crippen LogP contribution is -2.38. The molecule has 4 rings (SSSR count). The predicted molar refractivity (Wildman–Crippen MR) is 94.4 cm³/mol. The highest BCUT2D eigenvalue weighted by Crippen LogP contribution is 2.34. The van der Waals surface area contributed by atoms with Crippen molar-refractivity contribution >= 4 is 34.8 Å². The monoisotopic (exact) mass is 358 g/mol. The number of rotatable bonds is 2. The molecule has 0 bridgehead atoms. The quantitative estimate of drug-likeness (QED) is 0.669. The van der Waals surface area contributed by atoms with E-state index in [1.807, 2.05) is 30.3 Å². The third kappa shape index (κ3) is 2.64. The van der Waals surface area contributed by atoms with E-state index in [1.165, 1.54) is 0 Å². The summed E-state index contributed by atoms with van der Waals surface area (Å²) < 4.78 is 5.89. The number of carbonyl (C=O) groups is 1. The molecule has 1 aromatic heterocycles. The van der Waals surface area contributed by atoms with Crippen LogP contribution in [-0.2, 0) is 0 Å². The second-order valence-corrected chi connectivity index (χ2v) is 6.27. The fourth-order valence-electron chi connectivity index (χ4n) is 2.69. The van der Waals surface area contributed by atoms with Crippen LogP contribution in [0.4, 0.5) is 5.69 Å². The fraction of sp³-hybridized carbons (Fsp3) is 0.0556. The highest BCUT2D eigenvalue weighted by atomic mass is 35.5. The number of furan rings is 1. The summed E-state index contributed by atoms with van der Waals surface area (Å²) in [5.74, 6) is 1.07. The molecule has 0 fully saturated rings. The summed E-state index contributed by atoms with van der Waals surface area (Å²) in [6, 6.07) is 16.2. The number of benzene rings is 2. The lowest BCUT2D eigenvalue weighted by molar-refractivity contribution is 0.0931. The zero-order valence-electron chi connectivity index (χ0n) is 12.3. The summed E-state index contributed by atoms with van der Waals surface area (Å²) in [5.41, 5.74) is 2.13. The number of hydrogen-bond donors (Lipinski definition) is 2. The Labute approximate surface area is 148 Å². The first-order chi connectivity index (χ1) is 11.6. The van der Waals surface area contributed by atoms with Crippen molar-refractivity contribution in [2.24, 2.45) is 0 Å². The molecular weight excluding hydrogens is 347 g/mol. The molecule has 0 saturated carbocycles. The summed E-state index contributed by atoms with van der Waals surface area (Å²) in [7, 11) is 0. The summed E-state index contributed by atoms with van der Waals surface area (Å²) in [4.78, 5) is 12.2. The maximum Gasteiger partial charge on any atom is 0.255 e. The van der Waals surface area contributed by atoms with E-state index in [1.54, 1.807) is 24.3 Å². The van der Waals surface area contributed by atoms with Gasteiger partial charge in [-0.2, -0.15) is 0 Å². The van der Waals surface area contributed by atoms with Crippen LogP contribution in [0.15, 0.2) is 59.0 Å². The summed E-state index contributed by atoms with van der Waals surface area (Å²) in [6.45, 7) is 0. The van der Waals surface area contributed by atoms with Crippen molar-refractivity contribution in [1.82, 2.24) is 5.32 Å². The van der Waals surface area contributed by atoms with Gasteiger partial charge in [-0.15, -0.1) is 0 Å². The smallest absolute Gasteiger partial charge is 0.255 e. The Bertz CT molecular complexity index is 936. The molecule has 2 heterocycles. The van der Waals surface area contributed by atoms with Gasteiger partial charge in [0.15, 0.2) is 6.17 Å². The summed E-state index contributed by atoms with van der Waals surface area (Å²) >= 11 is 12.1. The normalized spacial score (nSPS) is 16.2. The number of para-hydroxylation sites is 1. The van der Waals surface area contributed by atoms with Crippen LogP contribution in [0.25, 0.3) is 11.3 Å². The Morgan fingerprint density at radius 3 is 2.58 bits per heavy atom. The average molecular weight is 359 g/mol. The fourth-order valence-corrected chi connectivity index (χ4v) is 3.19. The maximum atomic E-state index is 12.2. The standard InChI is InChI=1S/C18H12Cl2N2O2/c19-10-5-6-11(13(20)9-10)15-7-8-16(24-15)17-21-14-4-2-1-3-12(14)18(23)22-17/h1-9,17,21H,(H,22,23)/t17-/m0/s1. The van der Waals surface area contributed by atoms with Gasteiger partial charge < -0.3 is 15.1 Å². The third-order valence-electron chi connectivity index (χ3n) is 3.85. The van der Waals surface area contributed by atoms with Crippen molar-refractivity contribution in [3.8, 4) is 11.3 Å². The van der Waals surface area contributed by atoms with Gasteiger partial charge in [0.1, 0.15) is 11.5 Å². The van der Waals surface area contributed by atoms with Gasteiger partial charge in [0, 0.05) is 16.3 Å². The van der Waals surface area contributed by atoms with Crippen molar-refractivity contribution in [1.29, 1.82) is 0 Å². The van der Waals surface area contributed by atoms with Crippen LogP contribution in [0.2, 0.25) is 10.0 Å². The van der Waals surface area contributed by atoms with Gasteiger partial charge >= 0.3 is 0 Å². The molecule has 1 aliphatic heterocycles. The highest BCUT2D eigenvalue weighted by molar-refractivity contribution is 6.36. The Balaban J connectivity index is 1.65. The Morgan fingerprint density at radius 1 is 0.917 bits per heavy atom. The minimum absolute atomic E-state index is 0.142. The van der Waals surface area contributed by atoms with Gasteiger partial charge in [-0.3, -0.25) is 4.79 Å². The third-order valence-corrected chi connectivity index (χ3v) is 4.40. The SMILES string of the molecule is O=C1N[C@@H](c2ccc(-c3ccc(Cl)cc3Cl)o2)Nc2ccccc21. The van der Waals surface area contributed by atoms with E-state index in [-0.39, 0.29) is 5.91 Å². The predicted octanol–water partition coefficient (Wildman–Crippen LogP) is 5.11. The number of fused-ring (bicyclic) bond motifs is 1. The van der Waals surface area contributed by atoms with Gasteiger partial charge in [-0.1, -0.05) is 35.3 Å². The molecule has 3 aromatic rings. The Hall–Kier alpha value is -2.43. The minimum atomic E-state index is -0.438. The topological polar surface area (TPSA) is 54.3 Å². The second-order valence-electron chi connectivity index (χ2n) is 5.42. The van der Waals surface area contributed by atoms with Gasteiger partial charge in [-0.25, -0.2) is 0 Å². The molecule has 0 unspecified atom stereocenters. The van der Waals surface area contributed by atoms with E-state index < -0.39 is 6.17 Å². The largest absolute Gasteiger partial charge is 0.457 e. The van der Waals surface area contributed by atoms with Gasteiger partial charge in [0.25, 0.3) is 5.91 Å². The molecule has 0 aliphatic carbocycles.